The minimum absolute atomic E-state index is 0.662. The third kappa shape index (κ3) is 6.95. The molecule has 0 N–H and O–H groups in total. The molecule has 31 heavy (non-hydrogen) atoms. The van der Waals surface area contributed by atoms with Gasteiger partial charge in [0.2, 0.25) is 5.95 Å². The molecule has 3 aromatic heterocycles. The molecule has 0 atom stereocenters. The summed E-state index contributed by atoms with van der Waals surface area (Å²) >= 11 is 0. The maximum Gasteiger partial charge on any atom is 0.227 e. The van der Waals surface area contributed by atoms with Crippen molar-refractivity contribution in [3.05, 3.63) is 36.0 Å². The van der Waals surface area contributed by atoms with E-state index >= 15 is 0 Å². The van der Waals surface area contributed by atoms with E-state index in [0.29, 0.717) is 17.0 Å². The number of aryl methyl sites for hydroxylation is 3. The average molecular weight is 426 g/mol. The SMILES string of the molecule is CC1(C)CCCC1.Cc1nc2cnc(N3CCOCC3)nc2nc1C.Cn1cccn1. The Morgan fingerprint density at radius 3 is 2.16 bits per heavy atom. The third-order valence-corrected chi connectivity index (χ3v) is 5.71. The van der Waals surface area contributed by atoms with Crippen molar-refractivity contribution in [3.63, 3.8) is 0 Å². The number of aromatic nitrogens is 6. The molecular weight excluding hydrogens is 390 g/mol. The molecule has 0 spiro atoms. The lowest BCUT2D eigenvalue weighted by Crippen LogP contribution is -2.37. The lowest BCUT2D eigenvalue weighted by atomic mass is 9.92. The van der Waals surface area contributed by atoms with Crippen LogP contribution in [0.2, 0.25) is 0 Å². The zero-order chi connectivity index (χ0) is 22.3. The van der Waals surface area contributed by atoms with Gasteiger partial charge in [-0.25, -0.2) is 15.0 Å². The molecule has 0 bridgehead atoms. The zero-order valence-corrected chi connectivity index (χ0v) is 19.5. The van der Waals surface area contributed by atoms with Crippen molar-refractivity contribution < 1.29 is 4.74 Å². The van der Waals surface area contributed by atoms with Crippen LogP contribution in [0.3, 0.4) is 0 Å². The van der Waals surface area contributed by atoms with Crippen molar-refractivity contribution in [1.82, 2.24) is 29.7 Å². The van der Waals surface area contributed by atoms with Crippen LogP contribution in [-0.2, 0) is 11.8 Å². The van der Waals surface area contributed by atoms with Gasteiger partial charge in [0.05, 0.1) is 30.8 Å². The van der Waals surface area contributed by atoms with Gasteiger partial charge in [0, 0.05) is 32.5 Å². The third-order valence-electron chi connectivity index (χ3n) is 5.71. The molecule has 4 heterocycles. The lowest BCUT2D eigenvalue weighted by Gasteiger charge is -2.26. The summed E-state index contributed by atoms with van der Waals surface area (Å²) in [5.74, 6) is 0.711. The Morgan fingerprint density at radius 1 is 0.968 bits per heavy atom. The first kappa shape index (κ1) is 23.1. The van der Waals surface area contributed by atoms with Crippen molar-refractivity contribution in [3.8, 4) is 0 Å². The number of ether oxygens (including phenoxy) is 1. The summed E-state index contributed by atoms with van der Waals surface area (Å²) in [5, 5.41) is 3.83. The first-order chi connectivity index (χ1) is 14.8. The Kier molecular flexibility index (Phi) is 7.90. The van der Waals surface area contributed by atoms with E-state index in [9.17, 15) is 0 Å². The second-order valence-electron chi connectivity index (χ2n) is 8.92. The topological polar surface area (TPSA) is 81.9 Å². The molecule has 0 radical (unpaired) electrons. The maximum atomic E-state index is 5.32. The summed E-state index contributed by atoms with van der Waals surface area (Å²) < 4.78 is 7.07. The monoisotopic (exact) mass is 425 g/mol. The Morgan fingerprint density at radius 2 is 1.65 bits per heavy atom. The van der Waals surface area contributed by atoms with Crippen molar-refractivity contribution in [2.24, 2.45) is 12.5 Å². The van der Waals surface area contributed by atoms with Gasteiger partial charge in [-0.15, -0.1) is 0 Å². The molecule has 1 saturated carbocycles. The number of rotatable bonds is 1. The van der Waals surface area contributed by atoms with Gasteiger partial charge in [-0.2, -0.15) is 10.1 Å². The predicted octanol–water partition coefficient (Wildman–Crippen LogP) is 3.88. The number of hydrogen-bond donors (Lipinski definition) is 0. The molecule has 1 aliphatic carbocycles. The van der Waals surface area contributed by atoms with Gasteiger partial charge in [-0.05, 0) is 38.2 Å². The smallest absolute Gasteiger partial charge is 0.227 e. The molecule has 5 rings (SSSR count). The second-order valence-corrected chi connectivity index (χ2v) is 8.92. The highest BCUT2D eigenvalue weighted by molar-refractivity contribution is 5.70. The van der Waals surface area contributed by atoms with Crippen LogP contribution < -0.4 is 4.90 Å². The minimum atomic E-state index is 0.662. The van der Waals surface area contributed by atoms with Crippen LogP contribution in [-0.4, -0.2) is 56.0 Å². The summed E-state index contributed by atoms with van der Waals surface area (Å²) in [6.07, 6.45) is 11.2. The Balaban J connectivity index is 0.000000171. The molecule has 1 aliphatic heterocycles. The number of hydrogen-bond acceptors (Lipinski definition) is 7. The quantitative estimate of drug-likeness (QED) is 0.585. The summed E-state index contributed by atoms with van der Waals surface area (Å²) in [5.41, 5.74) is 3.93. The molecule has 1 saturated heterocycles. The molecule has 2 fully saturated rings. The average Bonchev–Trinajstić information content (AvgIpc) is 3.40. The van der Waals surface area contributed by atoms with E-state index < -0.39 is 0 Å². The summed E-state index contributed by atoms with van der Waals surface area (Å²) in [6.45, 7) is 11.7. The van der Waals surface area contributed by atoms with Crippen molar-refractivity contribution >= 4 is 17.1 Å². The van der Waals surface area contributed by atoms with Crippen LogP contribution >= 0.6 is 0 Å². The fraction of sp³-hybridized carbons (Fsp3) is 0.609. The van der Waals surface area contributed by atoms with Gasteiger partial charge in [-0.3, -0.25) is 4.68 Å². The van der Waals surface area contributed by atoms with Crippen molar-refractivity contribution in [2.75, 3.05) is 31.2 Å². The van der Waals surface area contributed by atoms with Crippen LogP contribution in [0.1, 0.15) is 50.9 Å². The van der Waals surface area contributed by atoms with E-state index in [4.69, 9.17) is 4.74 Å². The lowest BCUT2D eigenvalue weighted by molar-refractivity contribution is 0.122. The second kappa shape index (κ2) is 10.6. The maximum absolute atomic E-state index is 5.32. The molecule has 0 unspecified atom stereocenters. The molecule has 2 aliphatic rings. The molecular formula is C23H35N7O. The fourth-order valence-corrected chi connectivity index (χ4v) is 3.61. The summed E-state index contributed by atoms with van der Waals surface area (Å²) in [4.78, 5) is 19.8. The van der Waals surface area contributed by atoms with E-state index in [1.165, 1.54) is 25.7 Å². The number of fused-ring (bicyclic) bond motifs is 1. The van der Waals surface area contributed by atoms with E-state index in [0.717, 1.165) is 43.2 Å². The Bertz CT molecular complexity index is 942. The Labute approximate surface area is 185 Å². The van der Waals surface area contributed by atoms with Gasteiger partial charge < -0.3 is 9.64 Å². The number of nitrogens with zero attached hydrogens (tertiary/aromatic N) is 7. The van der Waals surface area contributed by atoms with Gasteiger partial charge in [0.15, 0.2) is 5.65 Å². The van der Waals surface area contributed by atoms with E-state index in [-0.39, 0.29) is 0 Å². The van der Waals surface area contributed by atoms with Crippen LogP contribution in [0.25, 0.3) is 11.2 Å². The highest BCUT2D eigenvalue weighted by Gasteiger charge is 2.21. The standard InChI is InChI=1S/C12H15N5O.C7H14.C4H6N2/c1-8-9(2)15-11-10(14-8)7-13-12(16-11)17-3-5-18-6-4-17;1-7(2)5-3-4-6-7;1-6-4-2-3-5-6/h7H,3-6H2,1-2H3;3-6H2,1-2H3;2-4H,1H3. The highest BCUT2D eigenvalue weighted by Crippen LogP contribution is 2.36. The Hall–Kier alpha value is -2.61. The van der Waals surface area contributed by atoms with Gasteiger partial charge in [0.1, 0.15) is 5.52 Å². The van der Waals surface area contributed by atoms with Gasteiger partial charge in [0.25, 0.3) is 0 Å². The van der Waals surface area contributed by atoms with Crippen LogP contribution in [0.5, 0.6) is 0 Å². The molecule has 0 aromatic carbocycles. The van der Waals surface area contributed by atoms with Gasteiger partial charge >= 0.3 is 0 Å². The first-order valence-electron chi connectivity index (χ1n) is 11.1. The van der Waals surface area contributed by atoms with Gasteiger partial charge in [-0.1, -0.05) is 26.7 Å². The highest BCUT2D eigenvalue weighted by atomic mass is 16.5. The zero-order valence-electron chi connectivity index (χ0n) is 19.5. The fourth-order valence-electron chi connectivity index (χ4n) is 3.61. The molecule has 8 nitrogen and oxygen atoms in total. The first-order valence-corrected chi connectivity index (χ1v) is 11.1. The molecule has 3 aromatic rings. The normalized spacial score (nSPS) is 17.5. The van der Waals surface area contributed by atoms with Crippen molar-refractivity contribution in [1.29, 1.82) is 0 Å². The van der Waals surface area contributed by atoms with E-state index in [2.05, 4.69) is 43.8 Å². The van der Waals surface area contributed by atoms with Crippen molar-refractivity contribution in [2.45, 2.75) is 53.4 Å². The molecule has 8 heteroatoms. The predicted molar refractivity (Wildman–Crippen MR) is 123 cm³/mol. The molecule has 0 amide bonds. The number of anilines is 1. The molecule has 168 valence electrons. The summed E-state index contributed by atoms with van der Waals surface area (Å²) in [7, 11) is 1.89. The van der Waals surface area contributed by atoms with Crippen LogP contribution in [0.4, 0.5) is 5.95 Å². The largest absolute Gasteiger partial charge is 0.378 e. The summed E-state index contributed by atoms with van der Waals surface area (Å²) in [6, 6.07) is 1.89. The minimum Gasteiger partial charge on any atom is -0.378 e. The van der Waals surface area contributed by atoms with Crippen LogP contribution in [0.15, 0.2) is 24.7 Å². The van der Waals surface area contributed by atoms with Crippen LogP contribution in [0, 0.1) is 19.3 Å². The van der Waals surface area contributed by atoms with E-state index in [1.54, 1.807) is 17.1 Å². The number of morpholine rings is 1. The van der Waals surface area contributed by atoms with E-state index in [1.807, 2.05) is 33.2 Å².